The highest BCUT2D eigenvalue weighted by molar-refractivity contribution is 6.27. The molecule has 0 radical (unpaired) electrons. The number of allylic oxidation sites excluding steroid dienone is 8. The minimum absolute atomic E-state index is 0.00658. The predicted octanol–water partition coefficient (Wildman–Crippen LogP) is 2.95. The molecule has 0 spiro atoms. The van der Waals surface area contributed by atoms with Crippen LogP contribution in [-0.4, -0.2) is 54.0 Å². The fourth-order valence-corrected chi connectivity index (χ4v) is 5.99. The van der Waals surface area contributed by atoms with Gasteiger partial charge in [0.25, 0.3) is 0 Å². The molecule has 8 nitrogen and oxygen atoms in total. The molecule has 3 fully saturated rings. The molecule has 2 N–H and O–H groups in total. The summed E-state index contributed by atoms with van der Waals surface area (Å²) in [5, 5.41) is 13.5. The number of carbonyl (C=O) groups is 4. The lowest BCUT2D eigenvalue weighted by Crippen LogP contribution is -2.40. The number of Topliss-reactive ketones (excluding diaryl/α,β-unsaturated/α-hetero) is 3. The molecule has 6 unspecified atom stereocenters. The predicted molar refractivity (Wildman–Crippen MR) is 130 cm³/mol. The zero-order chi connectivity index (χ0) is 25.1. The quantitative estimate of drug-likeness (QED) is 0.198. The van der Waals surface area contributed by atoms with Gasteiger partial charge in [-0.15, -0.1) is 0 Å². The van der Waals surface area contributed by atoms with Crippen molar-refractivity contribution in [2.24, 2.45) is 28.7 Å². The lowest BCUT2D eigenvalue weighted by Gasteiger charge is -2.31. The molecule has 0 aromatic rings. The molecule has 0 heterocycles. The Balaban J connectivity index is 1.40. The van der Waals surface area contributed by atoms with Crippen LogP contribution >= 0.6 is 0 Å². The highest BCUT2D eigenvalue weighted by Gasteiger charge is 2.48. The summed E-state index contributed by atoms with van der Waals surface area (Å²) in [5.74, 6) is -1.46. The molecular weight excluding hydrogens is 448 g/mol. The third kappa shape index (κ3) is 5.06. The molecule has 0 aromatic carbocycles. The minimum atomic E-state index is -0.326. The maximum absolute atomic E-state index is 12.8. The normalized spacial score (nSPS) is 34.5. The van der Waals surface area contributed by atoms with E-state index in [1.54, 1.807) is 30.4 Å². The number of aliphatic hydroxyl groups excluding tert-OH is 1. The van der Waals surface area contributed by atoms with Crippen LogP contribution in [0.2, 0.25) is 0 Å². The largest absolute Gasteiger partial charge is 0.511 e. The molecule has 0 aromatic heterocycles. The van der Waals surface area contributed by atoms with Gasteiger partial charge in [-0.25, -0.2) is 0 Å². The number of hydrogen-bond acceptors (Lipinski definition) is 7. The van der Waals surface area contributed by atoms with Gasteiger partial charge in [0.15, 0.2) is 23.8 Å². The molecule has 4 rings (SSSR count). The van der Waals surface area contributed by atoms with Crippen molar-refractivity contribution in [3.8, 4) is 0 Å². The smallest absolute Gasteiger partial charge is 0.217 e. The number of carbonyl (C=O) groups excluding carboxylic acids is 4. The summed E-state index contributed by atoms with van der Waals surface area (Å²) in [6.45, 7) is 1.46. The Labute approximate surface area is 204 Å². The van der Waals surface area contributed by atoms with Crippen molar-refractivity contribution in [2.75, 3.05) is 7.11 Å². The fraction of sp³-hybridized carbons (Fsp3) is 0.519. The lowest BCUT2D eigenvalue weighted by molar-refractivity contribution is -0.121. The number of aliphatic hydroxyl groups is 1. The number of methoxy groups -OCH3 is 1. The van der Waals surface area contributed by atoms with Gasteiger partial charge < -0.3 is 15.2 Å². The first kappa shape index (κ1) is 24.8. The summed E-state index contributed by atoms with van der Waals surface area (Å²) in [7, 11) is 1.53. The van der Waals surface area contributed by atoms with Gasteiger partial charge in [-0.1, -0.05) is 18.2 Å². The minimum Gasteiger partial charge on any atom is -0.511 e. The monoisotopic (exact) mass is 480 g/mol. The molecule has 4 aliphatic carbocycles. The number of aliphatic imine (C=N–C) groups is 1. The summed E-state index contributed by atoms with van der Waals surface area (Å²) in [6.07, 6.45) is 13.3. The SMILES string of the molecule is COC=NC1CCC2C(=O)C(=CC=CC=CC3=C(O)C4CC(NC(C)=O)CCC4C3=O)C(=O)C2C1. The number of nitrogens with zero attached hydrogens (tertiary/aromatic N) is 1. The van der Waals surface area contributed by atoms with Crippen molar-refractivity contribution >= 4 is 29.7 Å². The fourth-order valence-electron chi connectivity index (χ4n) is 5.99. The molecule has 4 aliphatic rings. The van der Waals surface area contributed by atoms with E-state index in [2.05, 4.69) is 10.3 Å². The summed E-state index contributed by atoms with van der Waals surface area (Å²) in [6, 6.07) is -0.0429. The third-order valence-corrected chi connectivity index (χ3v) is 7.64. The first-order valence-corrected chi connectivity index (χ1v) is 12.2. The van der Waals surface area contributed by atoms with Crippen LogP contribution in [0.4, 0.5) is 0 Å². The number of ketones is 3. The second kappa shape index (κ2) is 10.5. The standard InChI is InChI=1S/C27H32N2O6/c1-15(30)29-17-9-11-19-23(13-17)27(34)21(25(19)32)7-5-3-4-6-20-24(31)18-10-8-16(28-14-35-2)12-22(18)26(20)33/h3-7,14,16-19,22-23,34H,8-13H2,1-2H3,(H,29,30). The Morgan fingerprint density at radius 2 is 1.66 bits per heavy atom. The van der Waals surface area contributed by atoms with Crippen molar-refractivity contribution in [2.45, 2.75) is 57.5 Å². The summed E-state index contributed by atoms with van der Waals surface area (Å²) in [4.78, 5) is 54.0. The molecule has 0 bridgehead atoms. The highest BCUT2D eigenvalue weighted by atomic mass is 16.5. The summed E-state index contributed by atoms with van der Waals surface area (Å²) >= 11 is 0. The van der Waals surface area contributed by atoms with E-state index in [0.29, 0.717) is 37.7 Å². The second-order valence-corrected chi connectivity index (χ2v) is 9.81. The molecular formula is C27H32N2O6. The number of nitrogens with one attached hydrogen (secondary N) is 1. The van der Waals surface area contributed by atoms with Crippen LogP contribution in [0.15, 0.2) is 52.3 Å². The van der Waals surface area contributed by atoms with Crippen molar-refractivity contribution in [3.05, 3.63) is 47.3 Å². The van der Waals surface area contributed by atoms with Gasteiger partial charge >= 0.3 is 0 Å². The van der Waals surface area contributed by atoms with E-state index in [-0.39, 0.29) is 70.3 Å². The number of amides is 1. The van der Waals surface area contributed by atoms with Crippen molar-refractivity contribution in [1.82, 2.24) is 5.32 Å². The van der Waals surface area contributed by atoms with E-state index < -0.39 is 0 Å². The third-order valence-electron chi connectivity index (χ3n) is 7.64. The molecule has 35 heavy (non-hydrogen) atoms. The molecule has 3 saturated carbocycles. The molecule has 8 heteroatoms. The van der Waals surface area contributed by atoms with Gasteiger partial charge in [-0.05, 0) is 50.7 Å². The van der Waals surface area contributed by atoms with Crippen LogP contribution in [0.1, 0.15) is 45.4 Å². The highest BCUT2D eigenvalue weighted by Crippen LogP contribution is 2.43. The van der Waals surface area contributed by atoms with Crippen molar-refractivity contribution < 1.29 is 29.0 Å². The lowest BCUT2D eigenvalue weighted by atomic mass is 9.78. The Morgan fingerprint density at radius 1 is 0.943 bits per heavy atom. The van der Waals surface area contributed by atoms with Crippen molar-refractivity contribution in [3.63, 3.8) is 0 Å². The van der Waals surface area contributed by atoms with Crippen LogP contribution in [0, 0.1) is 23.7 Å². The molecule has 186 valence electrons. The second-order valence-electron chi connectivity index (χ2n) is 9.81. The van der Waals surface area contributed by atoms with Gasteiger partial charge in [0.05, 0.1) is 24.3 Å². The molecule has 6 atom stereocenters. The average Bonchev–Trinajstić information content (AvgIpc) is 3.21. The zero-order valence-corrected chi connectivity index (χ0v) is 20.1. The zero-order valence-electron chi connectivity index (χ0n) is 20.1. The van der Waals surface area contributed by atoms with Crippen LogP contribution in [-0.2, 0) is 23.9 Å². The van der Waals surface area contributed by atoms with Gasteiger partial charge in [0.2, 0.25) is 5.91 Å². The van der Waals surface area contributed by atoms with Gasteiger partial charge in [0, 0.05) is 36.6 Å². The maximum atomic E-state index is 12.8. The number of rotatable bonds is 6. The molecule has 1 amide bonds. The van der Waals surface area contributed by atoms with Crippen LogP contribution in [0.25, 0.3) is 0 Å². The van der Waals surface area contributed by atoms with Gasteiger partial charge in [-0.3, -0.25) is 24.2 Å². The average molecular weight is 481 g/mol. The summed E-state index contributed by atoms with van der Waals surface area (Å²) < 4.78 is 4.87. The number of hydrogen-bond donors (Lipinski definition) is 2. The Morgan fingerprint density at radius 3 is 2.40 bits per heavy atom. The van der Waals surface area contributed by atoms with E-state index in [0.717, 1.165) is 6.42 Å². The number of ether oxygens (including phenoxy) is 1. The molecule has 0 saturated heterocycles. The van der Waals surface area contributed by atoms with Crippen LogP contribution < -0.4 is 5.32 Å². The first-order chi connectivity index (χ1) is 16.8. The van der Waals surface area contributed by atoms with Crippen LogP contribution in [0.5, 0.6) is 0 Å². The van der Waals surface area contributed by atoms with E-state index >= 15 is 0 Å². The van der Waals surface area contributed by atoms with E-state index in [9.17, 15) is 24.3 Å². The maximum Gasteiger partial charge on any atom is 0.217 e. The van der Waals surface area contributed by atoms with Gasteiger partial charge in [-0.2, -0.15) is 0 Å². The van der Waals surface area contributed by atoms with E-state index in [1.165, 1.54) is 20.4 Å². The Hall–Kier alpha value is -3.29. The summed E-state index contributed by atoms with van der Waals surface area (Å²) in [5.41, 5.74) is 0.512. The number of fused-ring (bicyclic) bond motifs is 2. The Bertz CT molecular complexity index is 1070. The van der Waals surface area contributed by atoms with Crippen molar-refractivity contribution in [1.29, 1.82) is 0 Å². The topological polar surface area (TPSA) is 122 Å². The van der Waals surface area contributed by atoms with Gasteiger partial charge in [0.1, 0.15) is 5.76 Å². The first-order valence-electron chi connectivity index (χ1n) is 12.2. The van der Waals surface area contributed by atoms with E-state index in [1.807, 2.05) is 0 Å². The van der Waals surface area contributed by atoms with E-state index in [4.69, 9.17) is 4.74 Å². The Kier molecular flexibility index (Phi) is 7.48. The molecule has 0 aliphatic heterocycles. The van der Waals surface area contributed by atoms with Crippen LogP contribution in [0.3, 0.4) is 0 Å².